The summed E-state index contributed by atoms with van der Waals surface area (Å²) in [7, 11) is -1.75. The molecule has 0 unspecified atom stereocenters. The van der Waals surface area contributed by atoms with Crippen LogP contribution in [0.4, 0.5) is 0 Å². The lowest BCUT2D eigenvalue weighted by Gasteiger charge is -2.43. The number of ether oxygens (including phenoxy) is 1. The Bertz CT molecular complexity index is 357. The van der Waals surface area contributed by atoms with E-state index in [0.717, 1.165) is 12.8 Å². The SMILES string of the molecule is CC(C)(C)[Si](C)(C)O[C@@H]1CC2=CCOC[C@H]2[C@H](O)C1. The Morgan fingerprint density at radius 2 is 2.05 bits per heavy atom. The lowest BCUT2D eigenvalue weighted by Crippen LogP contribution is -2.48. The largest absolute Gasteiger partial charge is 0.414 e. The molecule has 0 saturated heterocycles. The third-order valence-corrected chi connectivity index (χ3v) is 9.47. The molecule has 1 saturated carbocycles. The van der Waals surface area contributed by atoms with Crippen molar-refractivity contribution >= 4 is 8.32 Å². The Hall–Kier alpha value is -0.163. The molecule has 19 heavy (non-hydrogen) atoms. The maximum atomic E-state index is 10.3. The van der Waals surface area contributed by atoms with Gasteiger partial charge in [0.2, 0.25) is 0 Å². The van der Waals surface area contributed by atoms with Crippen molar-refractivity contribution in [3.63, 3.8) is 0 Å². The van der Waals surface area contributed by atoms with E-state index in [9.17, 15) is 5.11 Å². The van der Waals surface area contributed by atoms with E-state index >= 15 is 0 Å². The van der Waals surface area contributed by atoms with Crippen LogP contribution in [0, 0.1) is 5.92 Å². The molecule has 1 fully saturated rings. The van der Waals surface area contributed by atoms with E-state index in [1.165, 1.54) is 5.57 Å². The molecule has 2 aliphatic rings. The zero-order chi connectivity index (χ0) is 14.3. The van der Waals surface area contributed by atoms with E-state index in [-0.39, 0.29) is 23.2 Å². The van der Waals surface area contributed by atoms with Crippen molar-refractivity contribution in [2.24, 2.45) is 5.92 Å². The monoisotopic (exact) mass is 284 g/mol. The average Bonchev–Trinajstić information content (AvgIpc) is 2.27. The van der Waals surface area contributed by atoms with Gasteiger partial charge in [-0.05, 0) is 31.0 Å². The van der Waals surface area contributed by atoms with Gasteiger partial charge >= 0.3 is 0 Å². The standard InChI is InChI=1S/C15H28O3Si/c1-15(2,3)19(4,5)18-12-8-11-6-7-17-10-13(11)14(16)9-12/h6,12-14,16H,7-10H2,1-5H3/t12-,13-,14-/m1/s1. The normalized spacial score (nSPS) is 32.7. The Labute approximate surface area is 118 Å². The summed E-state index contributed by atoms with van der Waals surface area (Å²) in [5.74, 6) is 0.202. The van der Waals surface area contributed by atoms with Crippen LogP contribution in [-0.4, -0.2) is 38.8 Å². The zero-order valence-corrected chi connectivity index (χ0v) is 13.9. The average molecular weight is 284 g/mol. The van der Waals surface area contributed by atoms with E-state index in [1.54, 1.807) is 0 Å². The van der Waals surface area contributed by atoms with E-state index < -0.39 is 8.32 Å². The molecule has 3 nitrogen and oxygen atoms in total. The molecule has 1 N–H and O–H groups in total. The Balaban J connectivity index is 2.05. The molecule has 0 amide bonds. The number of fused-ring (bicyclic) bond motifs is 1. The molecule has 1 aliphatic carbocycles. The lowest BCUT2D eigenvalue weighted by atomic mass is 9.80. The Kier molecular flexibility index (Phi) is 4.26. The van der Waals surface area contributed by atoms with Crippen LogP contribution in [0.5, 0.6) is 0 Å². The molecule has 0 radical (unpaired) electrons. The van der Waals surface area contributed by atoms with Crippen molar-refractivity contribution in [1.82, 2.24) is 0 Å². The molecular formula is C15H28O3Si. The Morgan fingerprint density at radius 3 is 2.68 bits per heavy atom. The van der Waals surface area contributed by atoms with Crippen molar-refractivity contribution in [1.29, 1.82) is 0 Å². The van der Waals surface area contributed by atoms with E-state index in [1.807, 2.05) is 0 Å². The van der Waals surface area contributed by atoms with Gasteiger partial charge < -0.3 is 14.3 Å². The van der Waals surface area contributed by atoms with Gasteiger partial charge in [-0.2, -0.15) is 0 Å². The quantitative estimate of drug-likeness (QED) is 0.625. The van der Waals surface area contributed by atoms with Gasteiger partial charge in [-0.3, -0.25) is 0 Å². The molecule has 2 rings (SSSR count). The van der Waals surface area contributed by atoms with Gasteiger partial charge in [0.15, 0.2) is 8.32 Å². The molecule has 0 aromatic rings. The predicted molar refractivity (Wildman–Crippen MR) is 79.7 cm³/mol. The molecule has 3 atom stereocenters. The molecular weight excluding hydrogens is 256 g/mol. The van der Waals surface area contributed by atoms with Crippen LogP contribution in [0.1, 0.15) is 33.6 Å². The highest BCUT2D eigenvalue weighted by atomic mass is 28.4. The summed E-state index contributed by atoms with van der Waals surface area (Å²) >= 11 is 0. The smallest absolute Gasteiger partial charge is 0.192 e. The number of aliphatic hydroxyl groups is 1. The second kappa shape index (κ2) is 5.32. The number of rotatable bonds is 2. The maximum absolute atomic E-state index is 10.3. The second-order valence-corrected chi connectivity index (χ2v) is 12.2. The number of hydrogen-bond donors (Lipinski definition) is 1. The van der Waals surface area contributed by atoms with Gasteiger partial charge in [0, 0.05) is 5.92 Å². The zero-order valence-electron chi connectivity index (χ0n) is 12.9. The van der Waals surface area contributed by atoms with Crippen LogP contribution in [-0.2, 0) is 9.16 Å². The first-order valence-corrected chi connectivity index (χ1v) is 10.2. The fourth-order valence-corrected chi connectivity index (χ4v) is 4.04. The van der Waals surface area contributed by atoms with E-state index in [0.29, 0.717) is 13.2 Å². The first-order chi connectivity index (χ1) is 8.71. The minimum atomic E-state index is -1.75. The summed E-state index contributed by atoms with van der Waals surface area (Å²) in [6, 6.07) is 0. The predicted octanol–water partition coefficient (Wildman–Crippen LogP) is 3.10. The van der Waals surface area contributed by atoms with E-state index in [2.05, 4.69) is 39.9 Å². The van der Waals surface area contributed by atoms with E-state index in [4.69, 9.17) is 9.16 Å². The maximum Gasteiger partial charge on any atom is 0.192 e. The molecule has 110 valence electrons. The van der Waals surface area contributed by atoms with Gasteiger partial charge in [-0.25, -0.2) is 0 Å². The summed E-state index contributed by atoms with van der Waals surface area (Å²) in [5.41, 5.74) is 1.34. The summed E-state index contributed by atoms with van der Waals surface area (Å²) in [6.07, 6.45) is 3.72. The van der Waals surface area contributed by atoms with Crippen molar-refractivity contribution in [3.8, 4) is 0 Å². The van der Waals surface area contributed by atoms with Crippen LogP contribution in [0.3, 0.4) is 0 Å². The van der Waals surface area contributed by atoms with Gasteiger partial charge in [-0.15, -0.1) is 0 Å². The minimum absolute atomic E-state index is 0.177. The highest BCUT2D eigenvalue weighted by Crippen LogP contribution is 2.41. The molecule has 4 heteroatoms. The molecule has 0 bridgehead atoms. The van der Waals surface area contributed by atoms with Gasteiger partial charge in [0.1, 0.15) is 0 Å². The molecule has 1 heterocycles. The first-order valence-electron chi connectivity index (χ1n) is 7.33. The fraction of sp³-hybridized carbons (Fsp3) is 0.867. The van der Waals surface area contributed by atoms with Crippen molar-refractivity contribution < 1.29 is 14.3 Å². The highest BCUT2D eigenvalue weighted by Gasteiger charge is 2.42. The number of aliphatic hydroxyl groups excluding tert-OH is 1. The topological polar surface area (TPSA) is 38.7 Å². The molecule has 0 aromatic carbocycles. The minimum Gasteiger partial charge on any atom is -0.414 e. The van der Waals surface area contributed by atoms with Gasteiger partial charge in [0.25, 0.3) is 0 Å². The van der Waals surface area contributed by atoms with Gasteiger partial charge in [0.05, 0.1) is 25.4 Å². The van der Waals surface area contributed by atoms with Crippen LogP contribution >= 0.6 is 0 Å². The molecule has 0 spiro atoms. The van der Waals surface area contributed by atoms with Crippen LogP contribution in [0.15, 0.2) is 11.6 Å². The lowest BCUT2D eigenvalue weighted by molar-refractivity contribution is -0.00881. The Morgan fingerprint density at radius 1 is 1.37 bits per heavy atom. The summed E-state index contributed by atoms with van der Waals surface area (Å²) < 4.78 is 11.9. The third-order valence-electron chi connectivity index (χ3n) is 4.94. The third kappa shape index (κ3) is 3.30. The first kappa shape index (κ1) is 15.2. The molecule has 0 aromatic heterocycles. The summed E-state index contributed by atoms with van der Waals surface area (Å²) in [6.45, 7) is 12.7. The summed E-state index contributed by atoms with van der Waals surface area (Å²) in [4.78, 5) is 0. The fourth-order valence-electron chi connectivity index (χ4n) is 2.68. The van der Waals surface area contributed by atoms with Crippen LogP contribution < -0.4 is 0 Å². The van der Waals surface area contributed by atoms with Crippen molar-refractivity contribution in [2.75, 3.05) is 13.2 Å². The summed E-state index contributed by atoms with van der Waals surface area (Å²) in [5, 5.41) is 10.5. The number of hydrogen-bond acceptors (Lipinski definition) is 3. The van der Waals surface area contributed by atoms with Crippen LogP contribution in [0.2, 0.25) is 18.1 Å². The second-order valence-electron chi connectivity index (χ2n) is 7.43. The van der Waals surface area contributed by atoms with Crippen LogP contribution in [0.25, 0.3) is 0 Å². The van der Waals surface area contributed by atoms with Gasteiger partial charge in [-0.1, -0.05) is 32.4 Å². The van der Waals surface area contributed by atoms with Crippen molar-refractivity contribution in [2.45, 2.75) is 64.0 Å². The highest BCUT2D eigenvalue weighted by molar-refractivity contribution is 6.74. The molecule has 1 aliphatic heterocycles. The van der Waals surface area contributed by atoms with Crippen molar-refractivity contribution in [3.05, 3.63) is 11.6 Å².